The topological polar surface area (TPSA) is 83.0 Å². The van der Waals surface area contributed by atoms with Gasteiger partial charge in [-0.15, -0.1) is 0 Å². The van der Waals surface area contributed by atoms with Crippen LogP contribution in [0.5, 0.6) is 5.88 Å². The largest absolute Gasteiger partial charge is 0.411 e. The van der Waals surface area contributed by atoms with Crippen LogP contribution in [0.4, 0.5) is 4.79 Å². The van der Waals surface area contributed by atoms with E-state index in [0.29, 0.717) is 5.02 Å². The lowest BCUT2D eigenvalue weighted by Crippen LogP contribution is -2.16. The summed E-state index contributed by atoms with van der Waals surface area (Å²) in [4.78, 5) is 14.8. The Labute approximate surface area is 126 Å². The molecule has 0 spiro atoms. The van der Waals surface area contributed by atoms with Gasteiger partial charge in [-0.05, 0) is 11.8 Å². The number of nitrogens with zero attached hydrogens (tertiary/aromatic N) is 3. The van der Waals surface area contributed by atoms with Crippen molar-refractivity contribution in [2.75, 3.05) is 0 Å². The molecule has 110 valence electrons. The van der Waals surface area contributed by atoms with Crippen molar-refractivity contribution in [1.82, 2.24) is 14.8 Å². The van der Waals surface area contributed by atoms with Gasteiger partial charge in [-0.2, -0.15) is 5.10 Å². The van der Waals surface area contributed by atoms with Crippen molar-refractivity contribution in [1.29, 1.82) is 0 Å². The van der Waals surface area contributed by atoms with E-state index in [-0.39, 0.29) is 11.3 Å². The van der Waals surface area contributed by atoms with Crippen molar-refractivity contribution in [3.63, 3.8) is 0 Å². The fraction of sp³-hybridized carbons (Fsp3) is 0.357. The highest BCUT2D eigenvalue weighted by Crippen LogP contribution is 2.39. The highest BCUT2D eigenvalue weighted by atomic mass is 35.5. The standard InChI is InChI=1S/C14H15ClN4O2/c1-14(2)4-11-9(5-18-19(11)7-14)8-3-12(21-13(16)20)17-6-10(8)15/h3,5-6H,4,7H2,1-2H3,(H2,16,20). The van der Waals surface area contributed by atoms with E-state index in [1.54, 1.807) is 12.3 Å². The Bertz CT molecular complexity index is 724. The first kappa shape index (κ1) is 13.9. The van der Waals surface area contributed by atoms with Crippen molar-refractivity contribution in [2.45, 2.75) is 26.8 Å². The molecule has 1 aliphatic heterocycles. The lowest BCUT2D eigenvalue weighted by atomic mass is 9.90. The molecular weight excluding hydrogens is 292 g/mol. The van der Waals surface area contributed by atoms with Crippen LogP contribution >= 0.6 is 11.6 Å². The number of carbonyl (C=O) groups excluding carboxylic acids is 1. The molecule has 0 atom stereocenters. The van der Waals surface area contributed by atoms with Crippen LogP contribution in [0, 0.1) is 5.41 Å². The monoisotopic (exact) mass is 306 g/mol. The van der Waals surface area contributed by atoms with Gasteiger partial charge in [0.1, 0.15) is 0 Å². The summed E-state index contributed by atoms with van der Waals surface area (Å²) < 4.78 is 6.80. The Morgan fingerprint density at radius 2 is 2.19 bits per heavy atom. The Balaban J connectivity index is 2.04. The van der Waals surface area contributed by atoms with Crippen molar-refractivity contribution < 1.29 is 9.53 Å². The van der Waals surface area contributed by atoms with Crippen molar-refractivity contribution in [3.05, 3.63) is 29.2 Å². The zero-order valence-electron chi connectivity index (χ0n) is 11.8. The van der Waals surface area contributed by atoms with Gasteiger partial charge in [0, 0.05) is 29.4 Å². The minimum absolute atomic E-state index is 0.124. The smallest absolute Gasteiger partial charge is 0.391 e. The molecule has 6 nitrogen and oxygen atoms in total. The first-order valence-corrected chi connectivity index (χ1v) is 6.91. The molecule has 0 saturated carbocycles. The summed E-state index contributed by atoms with van der Waals surface area (Å²) in [5, 5.41) is 4.88. The highest BCUT2D eigenvalue weighted by Gasteiger charge is 2.32. The molecule has 2 aromatic heterocycles. The minimum Gasteiger partial charge on any atom is -0.391 e. The molecule has 21 heavy (non-hydrogen) atoms. The van der Waals surface area contributed by atoms with E-state index in [1.807, 2.05) is 4.68 Å². The molecule has 1 amide bonds. The quantitative estimate of drug-likeness (QED) is 0.924. The second-order valence-corrected chi connectivity index (χ2v) is 6.33. The normalized spacial score (nSPS) is 15.8. The van der Waals surface area contributed by atoms with Gasteiger partial charge in [-0.1, -0.05) is 25.4 Å². The number of ether oxygens (including phenoxy) is 1. The van der Waals surface area contributed by atoms with Crippen LogP contribution in [0.2, 0.25) is 5.02 Å². The van der Waals surface area contributed by atoms with Gasteiger partial charge >= 0.3 is 6.09 Å². The van der Waals surface area contributed by atoms with Crippen molar-refractivity contribution >= 4 is 17.7 Å². The first-order valence-electron chi connectivity index (χ1n) is 6.54. The molecule has 7 heteroatoms. The van der Waals surface area contributed by atoms with E-state index < -0.39 is 6.09 Å². The summed E-state index contributed by atoms with van der Waals surface area (Å²) in [6.07, 6.45) is 3.23. The number of hydrogen-bond acceptors (Lipinski definition) is 4. The zero-order valence-corrected chi connectivity index (χ0v) is 12.5. The third-order valence-electron chi connectivity index (χ3n) is 3.50. The van der Waals surface area contributed by atoms with Gasteiger partial charge in [0.05, 0.1) is 17.4 Å². The molecule has 0 aromatic carbocycles. The summed E-state index contributed by atoms with van der Waals surface area (Å²) in [7, 11) is 0. The highest BCUT2D eigenvalue weighted by molar-refractivity contribution is 6.33. The molecule has 1 aliphatic rings. The van der Waals surface area contributed by atoms with E-state index in [9.17, 15) is 4.79 Å². The van der Waals surface area contributed by atoms with Crippen LogP contribution in [0.3, 0.4) is 0 Å². The number of halogens is 1. The predicted octanol–water partition coefficient (Wildman–Crippen LogP) is 2.64. The van der Waals surface area contributed by atoms with Gasteiger partial charge in [0.15, 0.2) is 0 Å². The number of amides is 1. The molecule has 0 fully saturated rings. The fourth-order valence-electron chi connectivity index (χ4n) is 2.66. The molecule has 3 heterocycles. The van der Waals surface area contributed by atoms with Crippen LogP contribution in [-0.4, -0.2) is 20.9 Å². The van der Waals surface area contributed by atoms with Crippen LogP contribution in [0.1, 0.15) is 19.5 Å². The Hall–Kier alpha value is -2.08. The average molecular weight is 307 g/mol. The zero-order chi connectivity index (χ0) is 15.2. The van der Waals surface area contributed by atoms with E-state index in [2.05, 4.69) is 23.9 Å². The molecule has 0 aliphatic carbocycles. The maximum absolute atomic E-state index is 10.8. The van der Waals surface area contributed by atoms with E-state index in [1.165, 1.54) is 6.20 Å². The second-order valence-electron chi connectivity index (χ2n) is 5.93. The van der Waals surface area contributed by atoms with Crippen LogP contribution < -0.4 is 10.5 Å². The Morgan fingerprint density at radius 3 is 2.90 bits per heavy atom. The van der Waals surface area contributed by atoms with Gasteiger partial charge in [-0.25, -0.2) is 9.78 Å². The molecule has 0 radical (unpaired) electrons. The lowest BCUT2D eigenvalue weighted by molar-refractivity contribution is 0.209. The summed E-state index contributed by atoms with van der Waals surface area (Å²) >= 11 is 6.23. The number of aromatic nitrogens is 3. The molecule has 2 aromatic rings. The first-order chi connectivity index (χ1) is 9.85. The maximum atomic E-state index is 10.8. The molecule has 0 unspecified atom stereocenters. The predicted molar refractivity (Wildman–Crippen MR) is 78.2 cm³/mol. The van der Waals surface area contributed by atoms with E-state index in [4.69, 9.17) is 22.1 Å². The van der Waals surface area contributed by atoms with Gasteiger partial charge in [0.2, 0.25) is 5.88 Å². The SMILES string of the molecule is CC1(C)Cc2c(-c3cc(OC(N)=O)ncc3Cl)cnn2C1. The number of nitrogens with two attached hydrogens (primary N) is 1. The van der Waals surface area contributed by atoms with Gasteiger partial charge in [-0.3, -0.25) is 4.68 Å². The number of fused-ring (bicyclic) bond motifs is 1. The average Bonchev–Trinajstić information content (AvgIpc) is 2.86. The van der Waals surface area contributed by atoms with E-state index >= 15 is 0 Å². The summed E-state index contributed by atoms with van der Waals surface area (Å²) in [5.74, 6) is 0.124. The minimum atomic E-state index is -0.905. The molecule has 2 N–H and O–H groups in total. The maximum Gasteiger partial charge on any atom is 0.411 e. The van der Waals surface area contributed by atoms with Gasteiger partial charge < -0.3 is 10.5 Å². The van der Waals surface area contributed by atoms with Crippen LogP contribution in [0.25, 0.3) is 11.1 Å². The lowest BCUT2D eigenvalue weighted by Gasteiger charge is -2.14. The summed E-state index contributed by atoms with van der Waals surface area (Å²) in [5.41, 5.74) is 7.97. The number of hydrogen-bond donors (Lipinski definition) is 1. The third-order valence-corrected chi connectivity index (χ3v) is 3.80. The van der Waals surface area contributed by atoms with Crippen molar-refractivity contribution in [2.24, 2.45) is 11.1 Å². The van der Waals surface area contributed by atoms with Crippen molar-refractivity contribution in [3.8, 4) is 17.0 Å². The van der Waals surface area contributed by atoms with E-state index in [0.717, 1.165) is 29.8 Å². The van der Waals surface area contributed by atoms with Crippen LogP contribution in [-0.2, 0) is 13.0 Å². The Kier molecular flexibility index (Phi) is 3.13. The Morgan fingerprint density at radius 1 is 1.43 bits per heavy atom. The summed E-state index contributed by atoms with van der Waals surface area (Å²) in [6, 6.07) is 1.61. The van der Waals surface area contributed by atoms with Gasteiger partial charge in [0.25, 0.3) is 0 Å². The molecule has 3 rings (SSSR count). The fourth-order valence-corrected chi connectivity index (χ4v) is 2.86. The summed E-state index contributed by atoms with van der Waals surface area (Å²) in [6.45, 7) is 5.26. The van der Waals surface area contributed by atoms with Crippen LogP contribution in [0.15, 0.2) is 18.5 Å². The molecular formula is C14H15ClN4O2. The number of carbonyl (C=O) groups is 1. The number of pyridine rings is 1. The number of rotatable bonds is 2. The number of primary amides is 1. The molecule has 0 bridgehead atoms. The third kappa shape index (κ3) is 2.58. The molecule has 0 saturated heterocycles. The second kappa shape index (κ2) is 4.73.